The fourth-order valence-electron chi connectivity index (χ4n) is 1.72. The Labute approximate surface area is 113 Å². The van der Waals surface area contributed by atoms with Crippen LogP contribution in [-0.4, -0.2) is 18.0 Å². The number of halogens is 1. The Hall–Kier alpha value is -1.10. The van der Waals surface area contributed by atoms with Gasteiger partial charge in [-0.2, -0.15) is 0 Å². The van der Waals surface area contributed by atoms with E-state index in [4.69, 9.17) is 10.5 Å². The molecule has 0 spiro atoms. The van der Waals surface area contributed by atoms with Crippen LogP contribution in [0, 0.1) is 0 Å². The summed E-state index contributed by atoms with van der Waals surface area (Å²) in [6.07, 6.45) is 0. The number of hydrogen-bond acceptors (Lipinski definition) is 3. The second-order valence-electron chi connectivity index (χ2n) is 5.15. The summed E-state index contributed by atoms with van der Waals surface area (Å²) >= 11 is 0. The highest BCUT2D eigenvalue weighted by Gasteiger charge is 2.16. The first-order chi connectivity index (χ1) is 7.96. The van der Waals surface area contributed by atoms with Crippen molar-refractivity contribution in [2.24, 2.45) is 5.73 Å². The second-order valence-corrected chi connectivity index (χ2v) is 5.15. The molecular weight excluding hydrogens is 252 g/mol. The van der Waals surface area contributed by atoms with Crippen molar-refractivity contribution < 1.29 is 9.53 Å². The molecule has 1 aromatic rings. The maximum atomic E-state index is 11.9. The van der Waals surface area contributed by atoms with Crippen LogP contribution in [0.2, 0.25) is 0 Å². The lowest BCUT2D eigenvalue weighted by Gasteiger charge is -2.18. The molecule has 100 valence electrons. The van der Waals surface area contributed by atoms with E-state index in [1.165, 1.54) is 5.56 Å². The number of nitrogens with one attached hydrogen (secondary N) is 1. The lowest BCUT2D eigenvalue weighted by Crippen LogP contribution is -2.45. The van der Waals surface area contributed by atoms with Crippen LogP contribution in [0.3, 0.4) is 0 Å². The average Bonchev–Trinajstić information content (AvgIpc) is 2.71. The number of benzene rings is 1. The molecule has 1 aromatic carbocycles. The number of carbonyl (C=O) groups is 1. The number of hydrogen-bond donors (Lipinski definition) is 2. The number of nitrogens with two attached hydrogens (primary N) is 1. The molecule has 0 aromatic heterocycles. The normalized spacial score (nSPS) is 13.7. The SMILES string of the molecule is CC(C)(N)CNC(=O)c1ccc2c(c1)COC2.Cl. The molecule has 1 aliphatic heterocycles. The van der Waals surface area contributed by atoms with Crippen LogP contribution < -0.4 is 11.1 Å². The molecule has 3 N–H and O–H groups in total. The summed E-state index contributed by atoms with van der Waals surface area (Å²) in [7, 11) is 0. The molecule has 0 saturated heterocycles. The molecule has 18 heavy (non-hydrogen) atoms. The van der Waals surface area contributed by atoms with Gasteiger partial charge < -0.3 is 15.8 Å². The summed E-state index contributed by atoms with van der Waals surface area (Å²) in [5.74, 6) is -0.0850. The van der Waals surface area contributed by atoms with Gasteiger partial charge in [-0.05, 0) is 37.1 Å². The lowest BCUT2D eigenvalue weighted by molar-refractivity contribution is 0.0946. The van der Waals surface area contributed by atoms with Crippen LogP contribution in [0.15, 0.2) is 18.2 Å². The number of fused-ring (bicyclic) bond motifs is 1. The first kappa shape index (κ1) is 15.0. The molecule has 0 unspecified atom stereocenters. The maximum absolute atomic E-state index is 11.9. The number of carbonyl (C=O) groups excluding carboxylic acids is 1. The molecule has 0 bridgehead atoms. The summed E-state index contributed by atoms with van der Waals surface area (Å²) in [5, 5.41) is 2.83. The average molecular weight is 271 g/mol. The van der Waals surface area contributed by atoms with Gasteiger partial charge in [0.1, 0.15) is 0 Å². The van der Waals surface area contributed by atoms with Crippen LogP contribution in [0.4, 0.5) is 0 Å². The van der Waals surface area contributed by atoms with Crippen LogP contribution >= 0.6 is 12.4 Å². The molecule has 0 saturated carbocycles. The van der Waals surface area contributed by atoms with Gasteiger partial charge in [-0.1, -0.05) is 6.07 Å². The van der Waals surface area contributed by atoms with Crippen molar-refractivity contribution in [2.75, 3.05) is 6.54 Å². The van der Waals surface area contributed by atoms with E-state index in [0.717, 1.165) is 5.56 Å². The van der Waals surface area contributed by atoms with E-state index in [9.17, 15) is 4.79 Å². The van der Waals surface area contributed by atoms with Crippen LogP contribution in [0.25, 0.3) is 0 Å². The van der Waals surface area contributed by atoms with Crippen molar-refractivity contribution in [3.05, 3.63) is 34.9 Å². The van der Waals surface area contributed by atoms with Gasteiger partial charge in [0.15, 0.2) is 0 Å². The fraction of sp³-hybridized carbons (Fsp3) is 0.462. The highest BCUT2D eigenvalue weighted by atomic mass is 35.5. The van der Waals surface area contributed by atoms with E-state index in [1.54, 1.807) is 0 Å². The van der Waals surface area contributed by atoms with Crippen molar-refractivity contribution in [3.63, 3.8) is 0 Å². The molecule has 0 atom stereocenters. The zero-order valence-corrected chi connectivity index (χ0v) is 11.5. The minimum absolute atomic E-state index is 0. The Morgan fingerprint density at radius 1 is 1.39 bits per heavy atom. The van der Waals surface area contributed by atoms with Gasteiger partial charge >= 0.3 is 0 Å². The quantitative estimate of drug-likeness (QED) is 0.877. The van der Waals surface area contributed by atoms with E-state index in [0.29, 0.717) is 25.3 Å². The molecule has 1 heterocycles. The number of rotatable bonds is 3. The predicted octanol–water partition coefficient (Wildman–Crippen LogP) is 1.61. The minimum Gasteiger partial charge on any atom is -0.372 e. The molecule has 0 fully saturated rings. The van der Waals surface area contributed by atoms with Gasteiger partial charge in [-0.25, -0.2) is 0 Å². The van der Waals surface area contributed by atoms with Crippen molar-refractivity contribution in [1.29, 1.82) is 0 Å². The Balaban J connectivity index is 0.00000162. The first-order valence-electron chi connectivity index (χ1n) is 5.72. The highest BCUT2D eigenvalue weighted by Crippen LogP contribution is 2.20. The van der Waals surface area contributed by atoms with Gasteiger partial charge in [0.25, 0.3) is 5.91 Å². The van der Waals surface area contributed by atoms with Gasteiger partial charge in [0, 0.05) is 17.6 Å². The summed E-state index contributed by atoms with van der Waals surface area (Å²) in [5.41, 5.74) is 8.36. The smallest absolute Gasteiger partial charge is 0.251 e. The van der Waals surface area contributed by atoms with Crippen molar-refractivity contribution in [2.45, 2.75) is 32.6 Å². The topological polar surface area (TPSA) is 64.3 Å². The third kappa shape index (κ3) is 3.70. The molecule has 1 aliphatic rings. The third-order valence-corrected chi connectivity index (χ3v) is 2.69. The Bertz CT molecular complexity index is 441. The van der Waals surface area contributed by atoms with Gasteiger partial charge in [0.05, 0.1) is 13.2 Å². The Morgan fingerprint density at radius 3 is 2.72 bits per heavy atom. The van der Waals surface area contributed by atoms with E-state index in [1.807, 2.05) is 32.0 Å². The molecule has 0 radical (unpaired) electrons. The molecule has 4 nitrogen and oxygen atoms in total. The maximum Gasteiger partial charge on any atom is 0.251 e. The monoisotopic (exact) mass is 270 g/mol. The van der Waals surface area contributed by atoms with E-state index in [-0.39, 0.29) is 18.3 Å². The predicted molar refractivity (Wildman–Crippen MR) is 72.8 cm³/mol. The van der Waals surface area contributed by atoms with E-state index in [2.05, 4.69) is 5.32 Å². The van der Waals surface area contributed by atoms with Gasteiger partial charge in [-0.15, -0.1) is 12.4 Å². The standard InChI is InChI=1S/C13H18N2O2.ClH/c1-13(2,14)8-15-12(16)9-3-4-10-6-17-7-11(10)5-9;/h3-5H,6-8,14H2,1-2H3,(H,15,16);1H. The fourth-order valence-corrected chi connectivity index (χ4v) is 1.72. The molecule has 1 amide bonds. The zero-order chi connectivity index (χ0) is 12.5. The zero-order valence-electron chi connectivity index (χ0n) is 10.7. The summed E-state index contributed by atoms with van der Waals surface area (Å²) < 4.78 is 5.31. The second kappa shape index (κ2) is 5.69. The van der Waals surface area contributed by atoms with Crippen LogP contribution in [0.5, 0.6) is 0 Å². The minimum atomic E-state index is -0.393. The van der Waals surface area contributed by atoms with E-state index >= 15 is 0 Å². The largest absolute Gasteiger partial charge is 0.372 e. The Kier molecular flexibility index (Phi) is 4.73. The molecular formula is C13H19ClN2O2. The molecule has 2 rings (SSSR count). The molecule has 0 aliphatic carbocycles. The number of ether oxygens (including phenoxy) is 1. The van der Waals surface area contributed by atoms with Crippen molar-refractivity contribution >= 4 is 18.3 Å². The lowest BCUT2D eigenvalue weighted by atomic mass is 10.0. The van der Waals surface area contributed by atoms with Gasteiger partial charge in [-0.3, -0.25) is 4.79 Å². The summed E-state index contributed by atoms with van der Waals surface area (Å²) in [4.78, 5) is 11.9. The third-order valence-electron chi connectivity index (χ3n) is 2.69. The van der Waals surface area contributed by atoms with Crippen molar-refractivity contribution in [3.8, 4) is 0 Å². The van der Waals surface area contributed by atoms with Crippen LogP contribution in [0.1, 0.15) is 35.3 Å². The summed E-state index contributed by atoms with van der Waals surface area (Å²) in [6, 6.07) is 5.67. The molecule has 5 heteroatoms. The Morgan fingerprint density at radius 2 is 2.06 bits per heavy atom. The number of amides is 1. The van der Waals surface area contributed by atoms with Crippen molar-refractivity contribution in [1.82, 2.24) is 5.32 Å². The first-order valence-corrected chi connectivity index (χ1v) is 5.72. The van der Waals surface area contributed by atoms with Crippen LogP contribution in [-0.2, 0) is 18.0 Å². The highest BCUT2D eigenvalue weighted by molar-refractivity contribution is 5.94. The van der Waals surface area contributed by atoms with Gasteiger partial charge in [0.2, 0.25) is 0 Å². The summed E-state index contributed by atoms with van der Waals surface area (Å²) in [6.45, 7) is 5.46. The van der Waals surface area contributed by atoms with E-state index < -0.39 is 5.54 Å².